The van der Waals surface area contributed by atoms with Crippen LogP contribution in [-0.2, 0) is 0 Å². The number of hydrogen-bond donors (Lipinski definition) is 0. The molecule has 0 aliphatic carbocycles. The molecule has 0 unspecified atom stereocenters. The molecule has 5 rings (SSSR count). The van der Waals surface area contributed by atoms with Crippen molar-refractivity contribution >= 4 is 34.0 Å². The highest BCUT2D eigenvalue weighted by molar-refractivity contribution is 7.08. The standard InChI is InChI=1S/C25H24N4O3S/c1-31-21-8-7-17(15-22(21)32-2)25(30)29-12-10-28(11-13-29)24-19-5-3-4-6-20(19)26-23(27-24)18-9-14-33-16-18/h3-9,14-16H,10-13H2,1-2H3. The quantitative estimate of drug-likeness (QED) is 0.441. The fourth-order valence-corrected chi connectivity index (χ4v) is 4.73. The number of carbonyl (C=O) groups is 1. The van der Waals surface area contributed by atoms with E-state index in [-0.39, 0.29) is 5.91 Å². The summed E-state index contributed by atoms with van der Waals surface area (Å²) in [5.41, 5.74) is 2.54. The first kappa shape index (κ1) is 21.2. The van der Waals surface area contributed by atoms with Crippen molar-refractivity contribution in [3.8, 4) is 22.9 Å². The molecule has 0 radical (unpaired) electrons. The van der Waals surface area contributed by atoms with Crippen LogP contribution >= 0.6 is 11.3 Å². The largest absolute Gasteiger partial charge is 0.493 e. The van der Waals surface area contributed by atoms with Crippen molar-refractivity contribution in [1.29, 1.82) is 0 Å². The van der Waals surface area contributed by atoms with Gasteiger partial charge in [-0.25, -0.2) is 9.97 Å². The Morgan fingerprint density at radius 2 is 1.73 bits per heavy atom. The van der Waals surface area contributed by atoms with Crippen molar-refractivity contribution in [2.75, 3.05) is 45.3 Å². The monoisotopic (exact) mass is 460 g/mol. The predicted molar refractivity (Wildman–Crippen MR) is 131 cm³/mol. The number of benzene rings is 2. The molecule has 4 aromatic rings. The molecular formula is C25H24N4O3S. The van der Waals surface area contributed by atoms with Crippen LogP contribution in [0.3, 0.4) is 0 Å². The fourth-order valence-electron chi connectivity index (χ4n) is 4.09. The first-order valence-corrected chi connectivity index (χ1v) is 11.7. The molecule has 1 fully saturated rings. The maximum Gasteiger partial charge on any atom is 0.254 e. The van der Waals surface area contributed by atoms with E-state index < -0.39 is 0 Å². The zero-order chi connectivity index (χ0) is 22.8. The van der Waals surface area contributed by atoms with E-state index in [9.17, 15) is 4.79 Å². The highest BCUT2D eigenvalue weighted by Crippen LogP contribution is 2.30. The van der Waals surface area contributed by atoms with Gasteiger partial charge in [0.25, 0.3) is 5.91 Å². The molecule has 0 bridgehead atoms. The smallest absolute Gasteiger partial charge is 0.254 e. The number of thiophene rings is 1. The van der Waals surface area contributed by atoms with Gasteiger partial charge in [0.15, 0.2) is 17.3 Å². The highest BCUT2D eigenvalue weighted by Gasteiger charge is 2.25. The molecule has 1 aliphatic heterocycles. The summed E-state index contributed by atoms with van der Waals surface area (Å²) in [5, 5.41) is 5.12. The SMILES string of the molecule is COc1ccc(C(=O)N2CCN(c3nc(-c4ccsc4)nc4ccccc34)CC2)cc1OC. The summed E-state index contributed by atoms with van der Waals surface area (Å²) >= 11 is 1.63. The van der Waals surface area contributed by atoms with Gasteiger partial charge in [0.2, 0.25) is 0 Å². The molecule has 0 saturated carbocycles. The lowest BCUT2D eigenvalue weighted by molar-refractivity contribution is 0.0746. The van der Waals surface area contributed by atoms with E-state index in [2.05, 4.69) is 16.3 Å². The van der Waals surface area contributed by atoms with E-state index >= 15 is 0 Å². The molecule has 2 aromatic heterocycles. The summed E-state index contributed by atoms with van der Waals surface area (Å²) in [4.78, 5) is 26.9. The number of fused-ring (bicyclic) bond motifs is 1. The Balaban J connectivity index is 1.38. The molecule has 0 atom stereocenters. The Bertz CT molecular complexity index is 1280. The summed E-state index contributed by atoms with van der Waals surface area (Å²) < 4.78 is 10.6. The molecule has 3 heterocycles. The number of nitrogens with zero attached hydrogens (tertiary/aromatic N) is 4. The first-order chi connectivity index (χ1) is 16.2. The summed E-state index contributed by atoms with van der Waals surface area (Å²) in [6, 6.07) is 15.4. The second-order valence-corrected chi connectivity index (χ2v) is 8.53. The van der Waals surface area contributed by atoms with Crippen LogP contribution in [-0.4, -0.2) is 61.2 Å². The van der Waals surface area contributed by atoms with Crippen LogP contribution in [0.25, 0.3) is 22.3 Å². The van der Waals surface area contributed by atoms with Crippen LogP contribution in [0.2, 0.25) is 0 Å². The van der Waals surface area contributed by atoms with Crippen molar-refractivity contribution in [1.82, 2.24) is 14.9 Å². The third-order valence-corrected chi connectivity index (χ3v) is 6.54. The fraction of sp³-hybridized carbons (Fsp3) is 0.240. The Kier molecular flexibility index (Phi) is 5.83. The number of anilines is 1. The van der Waals surface area contributed by atoms with Crippen molar-refractivity contribution in [3.05, 3.63) is 64.9 Å². The van der Waals surface area contributed by atoms with Gasteiger partial charge in [-0.2, -0.15) is 11.3 Å². The molecular weight excluding hydrogens is 436 g/mol. The molecule has 2 aromatic carbocycles. The first-order valence-electron chi connectivity index (χ1n) is 10.7. The summed E-state index contributed by atoms with van der Waals surface area (Å²) in [7, 11) is 3.15. The minimum absolute atomic E-state index is 0.0119. The number of methoxy groups -OCH3 is 2. The van der Waals surface area contributed by atoms with Crippen molar-refractivity contribution in [3.63, 3.8) is 0 Å². The Morgan fingerprint density at radius 1 is 0.939 bits per heavy atom. The van der Waals surface area contributed by atoms with Crippen LogP contribution in [0.15, 0.2) is 59.3 Å². The maximum absolute atomic E-state index is 13.1. The van der Waals surface area contributed by atoms with Crippen LogP contribution in [0, 0.1) is 0 Å². The topological polar surface area (TPSA) is 67.8 Å². The Hall–Kier alpha value is -3.65. The van der Waals surface area contributed by atoms with Gasteiger partial charge >= 0.3 is 0 Å². The zero-order valence-electron chi connectivity index (χ0n) is 18.5. The average Bonchev–Trinajstić information content (AvgIpc) is 3.42. The summed E-state index contributed by atoms with van der Waals surface area (Å²) in [6.07, 6.45) is 0. The molecule has 1 amide bonds. The zero-order valence-corrected chi connectivity index (χ0v) is 19.3. The molecule has 7 nitrogen and oxygen atoms in total. The van der Waals surface area contributed by atoms with E-state index in [4.69, 9.17) is 19.4 Å². The lowest BCUT2D eigenvalue weighted by Crippen LogP contribution is -2.49. The Morgan fingerprint density at radius 3 is 2.45 bits per heavy atom. The van der Waals surface area contributed by atoms with E-state index in [1.807, 2.05) is 34.5 Å². The van der Waals surface area contributed by atoms with Crippen LogP contribution in [0.5, 0.6) is 11.5 Å². The van der Waals surface area contributed by atoms with Gasteiger partial charge in [0.05, 0.1) is 19.7 Å². The summed E-state index contributed by atoms with van der Waals surface area (Å²) in [5.74, 6) is 2.79. The van der Waals surface area contributed by atoms with Gasteiger partial charge < -0.3 is 19.3 Å². The van der Waals surface area contributed by atoms with Gasteiger partial charge in [-0.3, -0.25) is 4.79 Å². The summed E-state index contributed by atoms with van der Waals surface area (Å²) in [6.45, 7) is 2.62. The molecule has 168 valence electrons. The molecule has 1 aliphatic rings. The van der Waals surface area contributed by atoms with Gasteiger partial charge in [-0.15, -0.1) is 0 Å². The minimum atomic E-state index is -0.0119. The number of carbonyl (C=O) groups excluding carboxylic acids is 1. The van der Waals surface area contributed by atoms with Crippen LogP contribution in [0.1, 0.15) is 10.4 Å². The van der Waals surface area contributed by atoms with Gasteiger partial charge in [0, 0.05) is 48.1 Å². The number of hydrogen-bond acceptors (Lipinski definition) is 7. The second kappa shape index (κ2) is 9.07. The molecule has 0 spiro atoms. The van der Waals surface area contributed by atoms with E-state index in [1.165, 1.54) is 0 Å². The number of aromatic nitrogens is 2. The number of para-hydroxylation sites is 1. The second-order valence-electron chi connectivity index (χ2n) is 7.75. The van der Waals surface area contributed by atoms with E-state index in [0.29, 0.717) is 43.2 Å². The van der Waals surface area contributed by atoms with Crippen molar-refractivity contribution < 1.29 is 14.3 Å². The lowest BCUT2D eigenvalue weighted by Gasteiger charge is -2.36. The van der Waals surface area contributed by atoms with Crippen LogP contribution < -0.4 is 14.4 Å². The number of rotatable bonds is 5. The van der Waals surface area contributed by atoms with Crippen molar-refractivity contribution in [2.24, 2.45) is 0 Å². The molecule has 0 N–H and O–H groups in total. The van der Waals surface area contributed by atoms with E-state index in [1.54, 1.807) is 43.8 Å². The minimum Gasteiger partial charge on any atom is -0.493 e. The number of piperazine rings is 1. The lowest BCUT2D eigenvalue weighted by atomic mass is 10.1. The average molecular weight is 461 g/mol. The number of ether oxygens (including phenoxy) is 2. The van der Waals surface area contributed by atoms with Gasteiger partial charge in [-0.05, 0) is 41.8 Å². The van der Waals surface area contributed by atoms with Gasteiger partial charge in [0.1, 0.15) is 5.82 Å². The van der Waals surface area contributed by atoms with Crippen LogP contribution in [0.4, 0.5) is 5.82 Å². The third-order valence-electron chi connectivity index (χ3n) is 5.86. The maximum atomic E-state index is 13.1. The Labute approximate surface area is 196 Å². The number of amides is 1. The molecule has 1 saturated heterocycles. The highest BCUT2D eigenvalue weighted by atomic mass is 32.1. The van der Waals surface area contributed by atoms with Crippen molar-refractivity contribution in [2.45, 2.75) is 0 Å². The molecule has 33 heavy (non-hydrogen) atoms. The third kappa shape index (κ3) is 4.09. The van der Waals surface area contributed by atoms with Gasteiger partial charge in [-0.1, -0.05) is 12.1 Å². The normalized spacial score (nSPS) is 13.9. The molecule has 8 heteroatoms. The van der Waals surface area contributed by atoms with E-state index in [0.717, 1.165) is 28.1 Å². The predicted octanol–water partition coefficient (Wildman–Crippen LogP) is 4.34.